The molecule has 0 bridgehead atoms. The summed E-state index contributed by atoms with van der Waals surface area (Å²) >= 11 is 1.22. The summed E-state index contributed by atoms with van der Waals surface area (Å²) in [6, 6.07) is 2.24. The predicted octanol–water partition coefficient (Wildman–Crippen LogP) is 2.87. The first kappa shape index (κ1) is 15.4. The second-order valence-electron chi connectivity index (χ2n) is 5.86. The van der Waals surface area contributed by atoms with E-state index in [0.29, 0.717) is 12.0 Å². The van der Waals surface area contributed by atoms with Gasteiger partial charge in [-0.3, -0.25) is 15.0 Å². The molecule has 0 amide bonds. The zero-order valence-electron chi connectivity index (χ0n) is 12.2. The lowest BCUT2D eigenvalue weighted by atomic mass is 9.97. The summed E-state index contributed by atoms with van der Waals surface area (Å²) in [4.78, 5) is 12.8. The number of hydrogen-bond donors (Lipinski definition) is 1. The molecular formula is C14H23N3O2S. The van der Waals surface area contributed by atoms with E-state index in [1.165, 1.54) is 24.2 Å². The van der Waals surface area contributed by atoms with E-state index >= 15 is 0 Å². The smallest absolute Gasteiger partial charge is 0.314 e. The quantitative estimate of drug-likeness (QED) is 0.648. The minimum Gasteiger partial charge on any atom is -0.314 e. The van der Waals surface area contributed by atoms with Gasteiger partial charge in [0, 0.05) is 30.6 Å². The molecule has 1 unspecified atom stereocenters. The van der Waals surface area contributed by atoms with Gasteiger partial charge in [-0.2, -0.15) is 0 Å². The lowest BCUT2D eigenvalue weighted by molar-refractivity contribution is -0.380. The second kappa shape index (κ2) is 7.15. The van der Waals surface area contributed by atoms with E-state index in [0.717, 1.165) is 31.7 Å². The number of nitrogens with zero attached hydrogens (tertiary/aromatic N) is 2. The van der Waals surface area contributed by atoms with Crippen molar-refractivity contribution in [3.05, 3.63) is 27.1 Å². The van der Waals surface area contributed by atoms with Crippen molar-refractivity contribution in [3.63, 3.8) is 0 Å². The Hall–Kier alpha value is -0.980. The Morgan fingerprint density at radius 1 is 1.60 bits per heavy atom. The molecule has 1 N–H and O–H groups in total. The summed E-state index contributed by atoms with van der Waals surface area (Å²) in [7, 11) is 0. The second-order valence-corrected chi connectivity index (χ2v) is 6.75. The molecule has 1 aliphatic rings. The molecule has 1 saturated heterocycles. The van der Waals surface area contributed by atoms with Crippen LogP contribution in [-0.2, 0) is 6.54 Å². The number of nitrogens with one attached hydrogen (secondary N) is 1. The largest absolute Gasteiger partial charge is 0.324 e. The minimum atomic E-state index is -0.306. The first-order valence-electron chi connectivity index (χ1n) is 7.22. The molecule has 0 spiro atoms. The Morgan fingerprint density at radius 2 is 2.40 bits per heavy atom. The van der Waals surface area contributed by atoms with Gasteiger partial charge >= 0.3 is 5.00 Å². The molecular weight excluding hydrogens is 274 g/mol. The van der Waals surface area contributed by atoms with E-state index in [2.05, 4.69) is 24.1 Å². The summed E-state index contributed by atoms with van der Waals surface area (Å²) in [5.41, 5.74) is 1.07. The number of piperidine rings is 1. The van der Waals surface area contributed by atoms with Crippen LogP contribution in [0.15, 0.2) is 11.4 Å². The highest BCUT2D eigenvalue weighted by molar-refractivity contribution is 7.13. The molecule has 2 heterocycles. The lowest BCUT2D eigenvalue weighted by Gasteiger charge is -2.33. The highest BCUT2D eigenvalue weighted by atomic mass is 32.1. The first-order valence-corrected chi connectivity index (χ1v) is 8.10. The molecule has 0 aliphatic carbocycles. The minimum absolute atomic E-state index is 0.245. The third-order valence-electron chi connectivity index (χ3n) is 3.64. The molecule has 112 valence electrons. The van der Waals surface area contributed by atoms with Crippen LogP contribution in [0.1, 0.15) is 32.3 Å². The monoisotopic (exact) mass is 297 g/mol. The van der Waals surface area contributed by atoms with Crippen molar-refractivity contribution in [1.82, 2.24) is 10.2 Å². The fraction of sp³-hybridized carbons (Fsp3) is 0.714. The average molecular weight is 297 g/mol. The summed E-state index contributed by atoms with van der Waals surface area (Å²) in [5, 5.41) is 16.4. The van der Waals surface area contributed by atoms with Crippen LogP contribution >= 0.6 is 11.3 Å². The van der Waals surface area contributed by atoms with Crippen molar-refractivity contribution in [2.24, 2.45) is 5.92 Å². The number of hydrogen-bond acceptors (Lipinski definition) is 5. The summed E-state index contributed by atoms with van der Waals surface area (Å²) in [6.07, 6.45) is 2.50. The Kier molecular flexibility index (Phi) is 5.51. The zero-order chi connectivity index (χ0) is 14.5. The molecule has 0 aromatic carbocycles. The Bertz CT molecular complexity index is 447. The first-order chi connectivity index (χ1) is 9.54. The summed E-state index contributed by atoms with van der Waals surface area (Å²) in [6.45, 7) is 8.43. The van der Waals surface area contributed by atoms with Crippen LogP contribution in [0.4, 0.5) is 5.00 Å². The molecule has 0 radical (unpaired) electrons. The third kappa shape index (κ3) is 4.54. The topological polar surface area (TPSA) is 58.4 Å². The van der Waals surface area contributed by atoms with Crippen LogP contribution in [0.5, 0.6) is 0 Å². The fourth-order valence-electron chi connectivity index (χ4n) is 2.66. The van der Waals surface area contributed by atoms with Crippen LogP contribution in [0.2, 0.25) is 0 Å². The average Bonchev–Trinajstić information content (AvgIpc) is 2.85. The standard InChI is InChI=1S/C14H23N3O2S/c1-11(2)15-7-12-4-3-5-16(8-12)9-13-6-14(17(18)19)20-10-13/h6,10-12,15H,3-5,7-9H2,1-2H3. The van der Waals surface area contributed by atoms with Crippen molar-refractivity contribution in [1.29, 1.82) is 0 Å². The van der Waals surface area contributed by atoms with E-state index in [4.69, 9.17) is 0 Å². The molecule has 6 heteroatoms. The predicted molar refractivity (Wildman–Crippen MR) is 82.1 cm³/mol. The van der Waals surface area contributed by atoms with E-state index in [1.54, 1.807) is 6.07 Å². The maximum atomic E-state index is 10.7. The molecule has 5 nitrogen and oxygen atoms in total. The SMILES string of the molecule is CC(C)NCC1CCCN(Cc2csc([N+](=O)[O-])c2)C1. The van der Waals surface area contributed by atoms with Gasteiger partial charge in [-0.1, -0.05) is 25.2 Å². The van der Waals surface area contributed by atoms with Crippen LogP contribution < -0.4 is 5.32 Å². The van der Waals surface area contributed by atoms with Crippen molar-refractivity contribution in [3.8, 4) is 0 Å². The Morgan fingerprint density at radius 3 is 3.05 bits per heavy atom. The van der Waals surface area contributed by atoms with Gasteiger partial charge in [0.05, 0.1) is 4.92 Å². The Labute approximate surface area is 124 Å². The van der Waals surface area contributed by atoms with Crippen molar-refractivity contribution in [2.75, 3.05) is 19.6 Å². The Balaban J connectivity index is 1.84. The molecule has 2 rings (SSSR count). The molecule has 1 aromatic rings. The van der Waals surface area contributed by atoms with E-state index < -0.39 is 0 Å². The molecule has 20 heavy (non-hydrogen) atoms. The van der Waals surface area contributed by atoms with Crippen LogP contribution in [0.25, 0.3) is 0 Å². The van der Waals surface area contributed by atoms with Crippen LogP contribution in [0.3, 0.4) is 0 Å². The van der Waals surface area contributed by atoms with Crippen molar-refractivity contribution < 1.29 is 4.92 Å². The maximum absolute atomic E-state index is 10.7. The highest BCUT2D eigenvalue weighted by Gasteiger charge is 2.21. The highest BCUT2D eigenvalue weighted by Crippen LogP contribution is 2.25. The van der Waals surface area contributed by atoms with Gasteiger partial charge in [-0.05, 0) is 37.4 Å². The number of thiophene rings is 1. The third-order valence-corrected chi connectivity index (χ3v) is 4.57. The normalized spacial score (nSPS) is 20.4. The van der Waals surface area contributed by atoms with Gasteiger partial charge < -0.3 is 5.32 Å². The van der Waals surface area contributed by atoms with Gasteiger partial charge in [-0.15, -0.1) is 0 Å². The van der Waals surface area contributed by atoms with Gasteiger partial charge in [0.1, 0.15) is 0 Å². The number of nitro groups is 1. The van der Waals surface area contributed by atoms with E-state index in [-0.39, 0.29) is 9.92 Å². The molecule has 1 fully saturated rings. The van der Waals surface area contributed by atoms with E-state index in [9.17, 15) is 10.1 Å². The summed E-state index contributed by atoms with van der Waals surface area (Å²) in [5.74, 6) is 0.694. The van der Waals surface area contributed by atoms with Gasteiger partial charge in [0.15, 0.2) is 0 Å². The number of likely N-dealkylation sites (tertiary alicyclic amines) is 1. The molecule has 1 aromatic heterocycles. The van der Waals surface area contributed by atoms with Gasteiger partial charge in [0.2, 0.25) is 0 Å². The lowest BCUT2D eigenvalue weighted by Crippen LogP contribution is -2.40. The van der Waals surface area contributed by atoms with Crippen molar-refractivity contribution >= 4 is 16.3 Å². The van der Waals surface area contributed by atoms with Crippen molar-refractivity contribution in [2.45, 2.75) is 39.3 Å². The zero-order valence-corrected chi connectivity index (χ0v) is 13.0. The van der Waals surface area contributed by atoms with E-state index in [1.807, 2.05) is 5.38 Å². The maximum Gasteiger partial charge on any atom is 0.324 e. The van der Waals surface area contributed by atoms with Crippen LogP contribution in [0, 0.1) is 16.0 Å². The van der Waals surface area contributed by atoms with Gasteiger partial charge in [0.25, 0.3) is 0 Å². The van der Waals surface area contributed by atoms with Gasteiger partial charge in [-0.25, -0.2) is 0 Å². The molecule has 1 atom stereocenters. The fourth-order valence-corrected chi connectivity index (χ4v) is 3.38. The molecule has 0 saturated carbocycles. The summed E-state index contributed by atoms with van der Waals surface area (Å²) < 4.78 is 0. The number of rotatable bonds is 6. The van der Waals surface area contributed by atoms with Crippen LogP contribution in [-0.4, -0.2) is 35.5 Å². The molecule has 1 aliphatic heterocycles.